The number of hydrogen-bond donors (Lipinski definition) is 0. The van der Waals surface area contributed by atoms with E-state index in [4.69, 9.17) is 0 Å². The van der Waals surface area contributed by atoms with Gasteiger partial charge in [-0.1, -0.05) is 6.92 Å². The van der Waals surface area contributed by atoms with E-state index in [0.717, 1.165) is 32.7 Å². The molecule has 0 saturated carbocycles. The molecule has 2 rings (SSSR count). The minimum absolute atomic E-state index is 0.0737. The smallest absolute Gasteiger partial charge is 0.237 e. The number of sulfone groups is 1. The van der Waals surface area contributed by atoms with Gasteiger partial charge in [-0.3, -0.25) is 9.69 Å². The predicted octanol–water partition coefficient (Wildman–Crippen LogP) is -0.340. The molecule has 1 unspecified atom stereocenters. The number of hydrogen-bond acceptors (Lipinski definition) is 5. The van der Waals surface area contributed by atoms with Crippen molar-refractivity contribution in [1.82, 2.24) is 14.7 Å². The maximum atomic E-state index is 12.5. The Balaban J connectivity index is 1.86. The summed E-state index contributed by atoms with van der Waals surface area (Å²) in [5, 5.41) is 0. The molecule has 21 heavy (non-hydrogen) atoms. The first-order valence-corrected chi connectivity index (χ1v) is 9.72. The molecule has 0 aromatic carbocycles. The van der Waals surface area contributed by atoms with Crippen molar-refractivity contribution in [1.29, 1.82) is 0 Å². The second kappa shape index (κ2) is 7.07. The molecule has 1 amide bonds. The Bertz CT molecular complexity index is 458. The Hall–Kier alpha value is -0.660. The highest BCUT2D eigenvalue weighted by molar-refractivity contribution is 7.91. The number of rotatable bonds is 5. The second-order valence-corrected chi connectivity index (χ2v) is 8.18. The van der Waals surface area contributed by atoms with Crippen molar-refractivity contribution in [3.8, 4) is 0 Å². The summed E-state index contributed by atoms with van der Waals surface area (Å²) in [7, 11) is -2.94. The van der Waals surface area contributed by atoms with Crippen LogP contribution in [-0.2, 0) is 14.6 Å². The van der Waals surface area contributed by atoms with Crippen LogP contribution in [-0.4, -0.2) is 92.4 Å². The van der Waals surface area contributed by atoms with Gasteiger partial charge in [-0.25, -0.2) is 8.42 Å². The van der Waals surface area contributed by atoms with E-state index in [2.05, 4.69) is 16.7 Å². The molecule has 1 atom stereocenters. The van der Waals surface area contributed by atoms with Gasteiger partial charge in [-0.15, -0.1) is 0 Å². The summed E-state index contributed by atoms with van der Waals surface area (Å²) in [5.74, 6) is 0.428. The van der Waals surface area contributed by atoms with Gasteiger partial charge >= 0.3 is 0 Å². The third-order valence-electron chi connectivity index (χ3n) is 4.58. The van der Waals surface area contributed by atoms with Crippen molar-refractivity contribution in [3.63, 3.8) is 0 Å². The summed E-state index contributed by atoms with van der Waals surface area (Å²) < 4.78 is 23.2. The molecule has 2 fully saturated rings. The van der Waals surface area contributed by atoms with Gasteiger partial charge in [0.25, 0.3) is 0 Å². The fraction of sp³-hybridized carbons (Fsp3) is 0.929. The number of amides is 1. The van der Waals surface area contributed by atoms with E-state index in [1.165, 1.54) is 0 Å². The van der Waals surface area contributed by atoms with Gasteiger partial charge in [0, 0.05) is 38.8 Å². The number of piperazine rings is 1. The van der Waals surface area contributed by atoms with E-state index < -0.39 is 9.84 Å². The third kappa shape index (κ3) is 4.40. The highest BCUT2D eigenvalue weighted by Gasteiger charge is 2.34. The van der Waals surface area contributed by atoms with E-state index in [0.29, 0.717) is 19.5 Å². The molecule has 0 aromatic heterocycles. The molecule has 0 bridgehead atoms. The maximum Gasteiger partial charge on any atom is 0.237 e. The van der Waals surface area contributed by atoms with Crippen LogP contribution in [0.3, 0.4) is 0 Å². The molecule has 2 aliphatic rings. The largest absolute Gasteiger partial charge is 0.338 e. The van der Waals surface area contributed by atoms with Crippen molar-refractivity contribution in [2.45, 2.75) is 26.3 Å². The Morgan fingerprint density at radius 1 is 1.14 bits per heavy atom. The van der Waals surface area contributed by atoms with Gasteiger partial charge < -0.3 is 9.80 Å². The molecular formula is C14H27N3O3S. The highest BCUT2D eigenvalue weighted by Crippen LogP contribution is 2.18. The van der Waals surface area contributed by atoms with Crippen LogP contribution in [0, 0.1) is 0 Å². The average molecular weight is 317 g/mol. The first-order valence-electron chi connectivity index (χ1n) is 7.89. The molecule has 2 aliphatic heterocycles. The van der Waals surface area contributed by atoms with Gasteiger partial charge in [-0.2, -0.15) is 0 Å². The van der Waals surface area contributed by atoms with E-state index in [9.17, 15) is 13.2 Å². The van der Waals surface area contributed by atoms with E-state index in [-0.39, 0.29) is 23.5 Å². The highest BCUT2D eigenvalue weighted by atomic mass is 32.2. The summed E-state index contributed by atoms with van der Waals surface area (Å²) in [6.07, 6.45) is 0.589. The summed E-state index contributed by atoms with van der Waals surface area (Å²) >= 11 is 0. The topological polar surface area (TPSA) is 60.9 Å². The Morgan fingerprint density at radius 3 is 2.24 bits per heavy atom. The number of carbonyl (C=O) groups is 1. The van der Waals surface area contributed by atoms with E-state index in [1.54, 1.807) is 4.90 Å². The zero-order valence-electron chi connectivity index (χ0n) is 13.1. The molecule has 0 N–H and O–H groups in total. The van der Waals surface area contributed by atoms with Crippen LogP contribution in [0.1, 0.15) is 20.3 Å². The number of likely N-dealkylation sites (N-methyl/N-ethyl adjacent to an activating group) is 2. The van der Waals surface area contributed by atoms with Crippen LogP contribution < -0.4 is 0 Å². The standard InChI is InChI=1S/C14H27N3O3S/c1-3-15-6-8-16(9-7-15)11-14(18)17(4-2)13-5-10-21(19,20)12-13/h13H,3-12H2,1-2H3. The molecule has 0 aromatic rings. The van der Waals surface area contributed by atoms with Crippen LogP contribution >= 0.6 is 0 Å². The lowest BCUT2D eigenvalue weighted by Gasteiger charge is -2.35. The predicted molar refractivity (Wildman–Crippen MR) is 83.0 cm³/mol. The second-order valence-electron chi connectivity index (χ2n) is 5.95. The Labute approximate surface area is 128 Å². The fourth-order valence-electron chi connectivity index (χ4n) is 3.21. The summed E-state index contributed by atoms with van der Waals surface area (Å²) in [6.45, 7) is 10.00. The molecule has 6 nitrogen and oxygen atoms in total. The van der Waals surface area contributed by atoms with Crippen molar-refractivity contribution < 1.29 is 13.2 Å². The van der Waals surface area contributed by atoms with Crippen LogP contribution in [0.2, 0.25) is 0 Å². The SMILES string of the molecule is CCN1CCN(CC(=O)N(CC)C2CCS(=O)(=O)C2)CC1. The summed E-state index contributed by atoms with van der Waals surface area (Å²) in [5.41, 5.74) is 0. The lowest BCUT2D eigenvalue weighted by Crippen LogP contribution is -2.51. The van der Waals surface area contributed by atoms with Crippen LogP contribution in [0.5, 0.6) is 0 Å². The maximum absolute atomic E-state index is 12.5. The van der Waals surface area contributed by atoms with Gasteiger partial charge in [0.2, 0.25) is 5.91 Å². The average Bonchev–Trinajstić information content (AvgIpc) is 2.80. The first-order chi connectivity index (χ1) is 9.95. The molecule has 0 aliphatic carbocycles. The number of nitrogens with zero attached hydrogens (tertiary/aromatic N) is 3. The lowest BCUT2D eigenvalue weighted by molar-refractivity contribution is -0.134. The van der Waals surface area contributed by atoms with E-state index in [1.807, 2.05) is 6.92 Å². The van der Waals surface area contributed by atoms with Crippen LogP contribution in [0.4, 0.5) is 0 Å². The lowest BCUT2D eigenvalue weighted by atomic mass is 10.2. The van der Waals surface area contributed by atoms with Gasteiger partial charge in [0.05, 0.1) is 18.1 Å². The minimum atomic E-state index is -2.94. The van der Waals surface area contributed by atoms with Crippen LogP contribution in [0.15, 0.2) is 0 Å². The third-order valence-corrected chi connectivity index (χ3v) is 6.33. The Morgan fingerprint density at radius 2 is 1.76 bits per heavy atom. The van der Waals surface area contributed by atoms with Crippen LogP contribution in [0.25, 0.3) is 0 Å². The van der Waals surface area contributed by atoms with Crippen molar-refractivity contribution in [3.05, 3.63) is 0 Å². The minimum Gasteiger partial charge on any atom is -0.338 e. The normalized spacial score (nSPS) is 26.9. The molecule has 0 spiro atoms. The summed E-state index contributed by atoms with van der Waals surface area (Å²) in [4.78, 5) is 18.8. The summed E-state index contributed by atoms with van der Waals surface area (Å²) in [6, 6.07) is -0.121. The zero-order valence-corrected chi connectivity index (χ0v) is 13.9. The molecule has 122 valence electrons. The molecule has 2 saturated heterocycles. The van der Waals surface area contributed by atoms with Gasteiger partial charge in [-0.05, 0) is 19.9 Å². The van der Waals surface area contributed by atoms with Gasteiger partial charge in [0.15, 0.2) is 9.84 Å². The molecule has 7 heteroatoms. The zero-order chi connectivity index (χ0) is 15.5. The first kappa shape index (κ1) is 16.7. The monoisotopic (exact) mass is 317 g/mol. The van der Waals surface area contributed by atoms with Crippen molar-refractivity contribution in [2.24, 2.45) is 0 Å². The number of carbonyl (C=O) groups excluding carboxylic acids is 1. The van der Waals surface area contributed by atoms with Crippen molar-refractivity contribution in [2.75, 3.05) is 57.3 Å². The quantitative estimate of drug-likeness (QED) is 0.694. The molecule has 2 heterocycles. The van der Waals surface area contributed by atoms with Gasteiger partial charge in [0.1, 0.15) is 0 Å². The molecule has 0 radical (unpaired) electrons. The van der Waals surface area contributed by atoms with E-state index >= 15 is 0 Å². The molecular weight excluding hydrogens is 290 g/mol. The fourth-order valence-corrected chi connectivity index (χ4v) is 4.94. The Kier molecular flexibility index (Phi) is 5.62. The van der Waals surface area contributed by atoms with Crippen molar-refractivity contribution >= 4 is 15.7 Å².